The van der Waals surface area contributed by atoms with E-state index in [0.717, 1.165) is 16.7 Å². The summed E-state index contributed by atoms with van der Waals surface area (Å²) in [5, 5.41) is 3.00. The van der Waals surface area contributed by atoms with Gasteiger partial charge >= 0.3 is 0 Å². The van der Waals surface area contributed by atoms with Crippen LogP contribution in [0.1, 0.15) is 42.1 Å². The molecule has 0 saturated heterocycles. The highest BCUT2D eigenvalue weighted by Gasteiger charge is 2.38. The minimum Gasteiger partial charge on any atom is -0.350 e. The normalized spacial score (nSPS) is 16.7. The maximum absolute atomic E-state index is 13.0. The molecule has 0 aliphatic carbocycles. The van der Waals surface area contributed by atoms with Crippen LogP contribution in [0.4, 0.5) is 0 Å². The van der Waals surface area contributed by atoms with Crippen LogP contribution in [0.2, 0.25) is 0 Å². The van der Waals surface area contributed by atoms with E-state index in [9.17, 15) is 9.59 Å². The number of carbonyl (C=O) groups excluding carboxylic acids is 2. The molecule has 0 radical (unpaired) electrons. The van der Waals surface area contributed by atoms with Gasteiger partial charge in [0.15, 0.2) is 0 Å². The molecule has 130 valence electrons. The molecule has 3 rings (SSSR count). The maximum atomic E-state index is 13.0. The predicted molar refractivity (Wildman–Crippen MR) is 97.9 cm³/mol. The second kappa shape index (κ2) is 7.09. The van der Waals surface area contributed by atoms with Crippen LogP contribution < -0.4 is 5.32 Å². The fraction of sp³-hybridized carbons (Fsp3) is 0.333. The average molecular weight is 336 g/mol. The molecule has 25 heavy (non-hydrogen) atoms. The lowest BCUT2D eigenvalue weighted by atomic mass is 9.90. The lowest BCUT2D eigenvalue weighted by Gasteiger charge is -2.39. The standard InChI is InChI=1S/C21H24N2O2/c1-14(2)23-19(24)12-17-6-4-5-7-18(17)20(23)21(25)22-13-16-10-8-15(3)9-11-16/h4-11,14,20H,12-13H2,1-3H3,(H,22,25). The van der Waals surface area contributed by atoms with E-state index < -0.39 is 6.04 Å². The molecule has 0 aromatic heterocycles. The zero-order valence-corrected chi connectivity index (χ0v) is 15.0. The number of fused-ring (bicyclic) bond motifs is 1. The zero-order valence-electron chi connectivity index (χ0n) is 15.0. The fourth-order valence-corrected chi connectivity index (χ4v) is 3.36. The summed E-state index contributed by atoms with van der Waals surface area (Å²) in [4.78, 5) is 27.2. The molecule has 1 N–H and O–H groups in total. The number of nitrogens with one attached hydrogen (secondary N) is 1. The van der Waals surface area contributed by atoms with Gasteiger partial charge in [0, 0.05) is 12.6 Å². The average Bonchev–Trinajstić information content (AvgIpc) is 2.59. The number of hydrogen-bond acceptors (Lipinski definition) is 2. The van der Waals surface area contributed by atoms with Crippen LogP contribution in [0.3, 0.4) is 0 Å². The Hall–Kier alpha value is -2.62. The second-order valence-corrected chi connectivity index (χ2v) is 6.88. The molecule has 1 aliphatic heterocycles. The van der Waals surface area contributed by atoms with Crippen molar-refractivity contribution in [1.29, 1.82) is 0 Å². The maximum Gasteiger partial charge on any atom is 0.247 e. The summed E-state index contributed by atoms with van der Waals surface area (Å²) in [7, 11) is 0. The largest absolute Gasteiger partial charge is 0.350 e. The molecule has 1 atom stereocenters. The van der Waals surface area contributed by atoms with Gasteiger partial charge in [0.1, 0.15) is 6.04 Å². The molecule has 2 aromatic rings. The molecule has 1 aliphatic rings. The Balaban J connectivity index is 1.84. The number of carbonyl (C=O) groups is 2. The van der Waals surface area contributed by atoms with Crippen molar-refractivity contribution in [2.45, 2.75) is 45.8 Å². The molecule has 0 spiro atoms. The van der Waals surface area contributed by atoms with Gasteiger partial charge in [0.2, 0.25) is 11.8 Å². The summed E-state index contributed by atoms with van der Waals surface area (Å²) in [5.74, 6) is -0.126. The van der Waals surface area contributed by atoms with Gasteiger partial charge in [-0.1, -0.05) is 54.1 Å². The van der Waals surface area contributed by atoms with Gasteiger partial charge < -0.3 is 10.2 Å². The third-order valence-electron chi connectivity index (χ3n) is 4.65. The highest BCUT2D eigenvalue weighted by molar-refractivity contribution is 5.92. The van der Waals surface area contributed by atoms with Crippen molar-refractivity contribution in [2.75, 3.05) is 0 Å². The highest BCUT2D eigenvalue weighted by atomic mass is 16.2. The Morgan fingerprint density at radius 1 is 1.16 bits per heavy atom. The van der Waals surface area contributed by atoms with Crippen molar-refractivity contribution >= 4 is 11.8 Å². The van der Waals surface area contributed by atoms with E-state index in [1.165, 1.54) is 5.56 Å². The van der Waals surface area contributed by atoms with Crippen LogP contribution >= 0.6 is 0 Å². The molecule has 1 heterocycles. The number of nitrogens with zero attached hydrogens (tertiary/aromatic N) is 1. The van der Waals surface area contributed by atoms with E-state index in [4.69, 9.17) is 0 Å². The lowest BCUT2D eigenvalue weighted by molar-refractivity contribution is -0.143. The molecular weight excluding hydrogens is 312 g/mol. The molecule has 0 bridgehead atoms. The zero-order chi connectivity index (χ0) is 18.0. The summed E-state index contributed by atoms with van der Waals surface area (Å²) in [6.07, 6.45) is 0.357. The number of aryl methyl sites for hydroxylation is 1. The lowest BCUT2D eigenvalue weighted by Crippen LogP contribution is -2.50. The first-order valence-corrected chi connectivity index (χ1v) is 8.69. The van der Waals surface area contributed by atoms with Gasteiger partial charge in [0.25, 0.3) is 0 Å². The summed E-state index contributed by atoms with van der Waals surface area (Å²) in [6, 6.07) is 15.2. The van der Waals surface area contributed by atoms with E-state index in [0.29, 0.717) is 13.0 Å². The number of benzene rings is 2. The van der Waals surface area contributed by atoms with E-state index in [1.54, 1.807) is 4.90 Å². The minimum absolute atomic E-state index is 0.00388. The Bertz CT molecular complexity index is 781. The molecular formula is C21H24N2O2. The molecule has 0 fully saturated rings. The topological polar surface area (TPSA) is 49.4 Å². The number of amides is 2. The number of hydrogen-bond donors (Lipinski definition) is 1. The third-order valence-corrected chi connectivity index (χ3v) is 4.65. The van der Waals surface area contributed by atoms with Gasteiger partial charge in [-0.25, -0.2) is 0 Å². The summed E-state index contributed by atoms with van der Waals surface area (Å²) < 4.78 is 0. The second-order valence-electron chi connectivity index (χ2n) is 6.88. The van der Waals surface area contributed by atoms with Crippen LogP contribution in [0.15, 0.2) is 48.5 Å². The van der Waals surface area contributed by atoms with Crippen LogP contribution in [-0.2, 0) is 22.6 Å². The summed E-state index contributed by atoms with van der Waals surface area (Å²) in [6.45, 7) is 6.39. The van der Waals surface area contributed by atoms with Gasteiger partial charge in [-0.05, 0) is 37.5 Å². The van der Waals surface area contributed by atoms with E-state index in [1.807, 2.05) is 69.3 Å². The SMILES string of the molecule is Cc1ccc(CNC(=O)C2c3ccccc3CC(=O)N2C(C)C)cc1. The van der Waals surface area contributed by atoms with Crippen LogP contribution in [-0.4, -0.2) is 22.8 Å². The van der Waals surface area contributed by atoms with Gasteiger partial charge in [0.05, 0.1) is 6.42 Å². The first-order chi connectivity index (χ1) is 12.0. The Morgan fingerprint density at radius 3 is 2.52 bits per heavy atom. The molecule has 4 nitrogen and oxygen atoms in total. The van der Waals surface area contributed by atoms with E-state index in [-0.39, 0.29) is 17.9 Å². The molecule has 1 unspecified atom stereocenters. The number of rotatable bonds is 4. The van der Waals surface area contributed by atoms with Crippen molar-refractivity contribution in [3.63, 3.8) is 0 Å². The van der Waals surface area contributed by atoms with Crippen molar-refractivity contribution in [3.8, 4) is 0 Å². The molecule has 2 aromatic carbocycles. The summed E-state index contributed by atoms with van der Waals surface area (Å²) in [5.41, 5.74) is 4.11. The Labute approximate surface area is 148 Å². The molecule has 4 heteroatoms. The van der Waals surface area contributed by atoms with Crippen molar-refractivity contribution in [1.82, 2.24) is 10.2 Å². The van der Waals surface area contributed by atoms with Gasteiger partial charge in [-0.3, -0.25) is 9.59 Å². The van der Waals surface area contributed by atoms with Crippen LogP contribution in [0.5, 0.6) is 0 Å². The monoisotopic (exact) mass is 336 g/mol. The quantitative estimate of drug-likeness (QED) is 0.932. The van der Waals surface area contributed by atoms with Crippen LogP contribution in [0.25, 0.3) is 0 Å². The smallest absolute Gasteiger partial charge is 0.247 e. The Kier molecular flexibility index (Phi) is 4.88. The summed E-state index contributed by atoms with van der Waals surface area (Å²) >= 11 is 0. The van der Waals surface area contributed by atoms with Gasteiger partial charge in [-0.15, -0.1) is 0 Å². The molecule has 2 amide bonds. The fourth-order valence-electron chi connectivity index (χ4n) is 3.36. The van der Waals surface area contributed by atoms with E-state index in [2.05, 4.69) is 5.32 Å². The first-order valence-electron chi connectivity index (χ1n) is 8.69. The van der Waals surface area contributed by atoms with Crippen molar-refractivity contribution < 1.29 is 9.59 Å². The predicted octanol–water partition coefficient (Wildman–Crippen LogP) is 3.15. The van der Waals surface area contributed by atoms with Gasteiger partial charge in [-0.2, -0.15) is 0 Å². The molecule has 0 saturated carbocycles. The highest BCUT2D eigenvalue weighted by Crippen LogP contribution is 2.32. The van der Waals surface area contributed by atoms with Crippen molar-refractivity contribution in [3.05, 3.63) is 70.8 Å². The Morgan fingerprint density at radius 2 is 1.84 bits per heavy atom. The van der Waals surface area contributed by atoms with Crippen molar-refractivity contribution in [2.24, 2.45) is 0 Å². The van der Waals surface area contributed by atoms with E-state index >= 15 is 0 Å². The first kappa shape index (κ1) is 17.2. The third kappa shape index (κ3) is 3.58. The minimum atomic E-state index is -0.567. The van der Waals surface area contributed by atoms with Crippen LogP contribution in [0, 0.1) is 6.92 Å².